The molecule has 0 radical (unpaired) electrons. The third-order valence-corrected chi connectivity index (χ3v) is 5.28. The van der Waals surface area contributed by atoms with Gasteiger partial charge in [-0.05, 0) is 46.6 Å². The number of hydrogen-bond acceptors (Lipinski definition) is 5. The average Bonchev–Trinajstić information content (AvgIpc) is 3.39. The lowest BCUT2D eigenvalue weighted by atomic mass is 10.1. The molecule has 3 amide bonds. The number of aryl methyl sites for hydroxylation is 1. The van der Waals surface area contributed by atoms with Crippen molar-refractivity contribution >= 4 is 33.7 Å². The summed E-state index contributed by atoms with van der Waals surface area (Å²) in [5, 5.41) is 12.0. The number of benzene rings is 1. The Labute approximate surface area is 187 Å². The summed E-state index contributed by atoms with van der Waals surface area (Å²) in [7, 11) is 3.24. The van der Waals surface area contributed by atoms with Crippen molar-refractivity contribution in [1.82, 2.24) is 25.7 Å². The molecule has 162 valence electrons. The second kappa shape index (κ2) is 9.61. The van der Waals surface area contributed by atoms with Crippen molar-refractivity contribution in [2.75, 3.05) is 7.05 Å². The molecule has 31 heavy (non-hydrogen) atoms. The zero-order valence-electron chi connectivity index (χ0n) is 17.2. The molecule has 0 spiro atoms. The highest BCUT2D eigenvalue weighted by Crippen LogP contribution is 2.23. The first-order valence-electron chi connectivity index (χ1n) is 9.48. The van der Waals surface area contributed by atoms with Crippen LogP contribution in [0.15, 0.2) is 51.5 Å². The highest BCUT2D eigenvalue weighted by molar-refractivity contribution is 9.10. The molecular weight excluding hydrogens is 466 g/mol. The Balaban J connectivity index is 1.65. The van der Waals surface area contributed by atoms with Crippen LogP contribution in [0.2, 0.25) is 0 Å². The topological polar surface area (TPSA) is 118 Å². The van der Waals surface area contributed by atoms with E-state index < -0.39 is 11.9 Å². The van der Waals surface area contributed by atoms with E-state index in [9.17, 15) is 14.4 Å². The maximum absolute atomic E-state index is 12.3. The normalized spacial score (nSPS) is 11.6. The van der Waals surface area contributed by atoms with Gasteiger partial charge in [-0.15, -0.1) is 0 Å². The van der Waals surface area contributed by atoms with Crippen LogP contribution >= 0.6 is 15.9 Å². The summed E-state index contributed by atoms with van der Waals surface area (Å²) in [4.78, 5) is 36.1. The van der Waals surface area contributed by atoms with Crippen LogP contribution in [-0.2, 0) is 18.4 Å². The number of carbonyl (C=O) groups excluding carboxylic acids is 3. The van der Waals surface area contributed by atoms with Crippen LogP contribution in [0, 0.1) is 0 Å². The van der Waals surface area contributed by atoms with Crippen molar-refractivity contribution < 1.29 is 18.8 Å². The van der Waals surface area contributed by atoms with Crippen molar-refractivity contribution in [3.8, 4) is 11.3 Å². The van der Waals surface area contributed by atoms with Crippen LogP contribution in [0.4, 0.5) is 0 Å². The molecule has 0 saturated heterocycles. The minimum Gasteiger partial charge on any atom is -0.451 e. The Hall–Kier alpha value is -3.40. The first kappa shape index (κ1) is 22.3. The molecule has 3 N–H and O–H groups in total. The second-order valence-corrected chi connectivity index (χ2v) is 7.64. The predicted octanol–water partition coefficient (Wildman–Crippen LogP) is 2.24. The molecule has 0 aliphatic rings. The van der Waals surface area contributed by atoms with Gasteiger partial charge in [0.15, 0.2) is 11.5 Å². The zero-order chi connectivity index (χ0) is 22.5. The summed E-state index contributed by atoms with van der Waals surface area (Å²) in [6, 6.07) is 11.6. The summed E-state index contributed by atoms with van der Waals surface area (Å²) in [5.74, 6) is -0.459. The highest BCUT2D eigenvalue weighted by Gasteiger charge is 2.18. The number of carbonyl (C=O) groups is 3. The summed E-state index contributed by atoms with van der Waals surface area (Å²) >= 11 is 3.31. The predicted molar refractivity (Wildman–Crippen MR) is 117 cm³/mol. The minimum absolute atomic E-state index is 0.102. The van der Waals surface area contributed by atoms with E-state index in [-0.39, 0.29) is 17.6 Å². The molecular formula is C21H22BrN5O4. The monoisotopic (exact) mass is 487 g/mol. The van der Waals surface area contributed by atoms with Crippen molar-refractivity contribution in [2.24, 2.45) is 7.05 Å². The number of hydrogen-bond donors (Lipinski definition) is 3. The van der Waals surface area contributed by atoms with Gasteiger partial charge in [-0.3, -0.25) is 19.1 Å². The van der Waals surface area contributed by atoms with E-state index >= 15 is 0 Å². The van der Waals surface area contributed by atoms with Crippen molar-refractivity contribution in [3.05, 3.63) is 64.1 Å². The number of amides is 3. The van der Waals surface area contributed by atoms with Gasteiger partial charge in [0.2, 0.25) is 5.91 Å². The maximum Gasteiger partial charge on any atom is 0.287 e. The Morgan fingerprint density at radius 3 is 2.61 bits per heavy atom. The molecule has 3 rings (SSSR count). The molecule has 2 aromatic heterocycles. The van der Waals surface area contributed by atoms with Gasteiger partial charge in [0.1, 0.15) is 16.4 Å². The molecule has 3 aromatic rings. The van der Waals surface area contributed by atoms with Gasteiger partial charge in [0.25, 0.3) is 11.8 Å². The zero-order valence-corrected chi connectivity index (χ0v) is 18.8. The number of furan rings is 1. The van der Waals surface area contributed by atoms with Gasteiger partial charge in [0, 0.05) is 32.3 Å². The molecule has 1 atom stereocenters. The molecule has 0 aliphatic carbocycles. The van der Waals surface area contributed by atoms with Crippen molar-refractivity contribution in [3.63, 3.8) is 0 Å². The van der Waals surface area contributed by atoms with Gasteiger partial charge >= 0.3 is 0 Å². The molecule has 2 heterocycles. The summed E-state index contributed by atoms with van der Waals surface area (Å²) in [6.45, 7) is 1.89. The molecule has 0 aliphatic heterocycles. The van der Waals surface area contributed by atoms with Crippen molar-refractivity contribution in [2.45, 2.75) is 19.5 Å². The lowest BCUT2D eigenvalue weighted by Crippen LogP contribution is -2.43. The number of nitrogens with one attached hydrogen (secondary N) is 3. The van der Waals surface area contributed by atoms with Crippen LogP contribution in [0.25, 0.3) is 11.3 Å². The molecule has 10 heteroatoms. The number of nitrogens with zero attached hydrogens (tertiary/aromatic N) is 2. The maximum atomic E-state index is 12.3. The van der Waals surface area contributed by atoms with Gasteiger partial charge in [0.05, 0.1) is 0 Å². The summed E-state index contributed by atoms with van der Waals surface area (Å²) < 4.78 is 7.94. The van der Waals surface area contributed by atoms with Gasteiger partial charge in [-0.1, -0.05) is 18.2 Å². The lowest BCUT2D eigenvalue weighted by molar-refractivity contribution is -0.122. The third-order valence-electron chi connectivity index (χ3n) is 4.54. The van der Waals surface area contributed by atoms with E-state index in [0.29, 0.717) is 22.6 Å². The van der Waals surface area contributed by atoms with Gasteiger partial charge < -0.3 is 20.4 Å². The third kappa shape index (κ3) is 5.40. The smallest absolute Gasteiger partial charge is 0.287 e. The van der Waals surface area contributed by atoms with Gasteiger partial charge in [-0.2, -0.15) is 5.10 Å². The fourth-order valence-corrected chi connectivity index (χ4v) is 3.12. The standard InChI is InChI=1S/C21H22BrN5O4/c1-12(19(28)23-2)25-21(30)17-8-7-16(31-17)14-6-4-5-13(9-14)11-24-20(29)15-10-18(22)27(3)26-15/h4-10,12H,11H2,1-3H3,(H,23,28)(H,24,29)(H,25,30)/t12-/m0/s1. The van der Waals surface area contributed by atoms with Crippen LogP contribution in [0.5, 0.6) is 0 Å². The molecule has 0 unspecified atom stereocenters. The Morgan fingerprint density at radius 1 is 1.16 bits per heavy atom. The van der Waals surface area contributed by atoms with E-state index in [4.69, 9.17) is 4.42 Å². The molecule has 0 bridgehead atoms. The number of halogens is 1. The fourth-order valence-electron chi connectivity index (χ4n) is 2.83. The van der Waals surface area contributed by atoms with Crippen LogP contribution in [0.3, 0.4) is 0 Å². The molecule has 1 aromatic carbocycles. The minimum atomic E-state index is -0.683. The lowest BCUT2D eigenvalue weighted by Gasteiger charge is -2.10. The van der Waals surface area contributed by atoms with Crippen molar-refractivity contribution in [1.29, 1.82) is 0 Å². The summed E-state index contributed by atoms with van der Waals surface area (Å²) in [5.41, 5.74) is 1.93. The van der Waals surface area contributed by atoms with E-state index in [1.807, 2.05) is 24.3 Å². The SMILES string of the molecule is CNC(=O)[C@H](C)NC(=O)c1ccc(-c2cccc(CNC(=O)c3cc(Br)n(C)n3)c2)o1. The number of rotatable bonds is 7. The average molecular weight is 488 g/mol. The Kier molecular flexibility index (Phi) is 6.91. The first-order chi connectivity index (χ1) is 14.8. The quantitative estimate of drug-likeness (QED) is 0.472. The fraction of sp³-hybridized carbons (Fsp3) is 0.238. The van der Waals surface area contributed by atoms with E-state index in [1.165, 1.54) is 7.05 Å². The largest absolute Gasteiger partial charge is 0.451 e. The summed E-state index contributed by atoms with van der Waals surface area (Å²) in [6.07, 6.45) is 0. The molecule has 0 fully saturated rings. The molecule has 9 nitrogen and oxygen atoms in total. The van der Waals surface area contributed by atoms with Crippen LogP contribution < -0.4 is 16.0 Å². The van der Waals surface area contributed by atoms with Crippen LogP contribution in [-0.4, -0.2) is 40.6 Å². The highest BCUT2D eigenvalue weighted by atomic mass is 79.9. The first-order valence-corrected chi connectivity index (χ1v) is 10.3. The number of aromatic nitrogens is 2. The van der Waals surface area contributed by atoms with Crippen LogP contribution in [0.1, 0.15) is 33.5 Å². The second-order valence-electron chi connectivity index (χ2n) is 6.83. The van der Waals surface area contributed by atoms with E-state index in [2.05, 4.69) is 37.0 Å². The van der Waals surface area contributed by atoms with E-state index in [0.717, 1.165) is 11.1 Å². The Morgan fingerprint density at radius 2 is 1.94 bits per heavy atom. The molecule has 0 saturated carbocycles. The number of likely N-dealkylation sites (N-methyl/N-ethyl adjacent to an activating group) is 1. The van der Waals surface area contributed by atoms with E-state index in [1.54, 1.807) is 36.9 Å². The van der Waals surface area contributed by atoms with Gasteiger partial charge in [-0.25, -0.2) is 0 Å². The Bertz CT molecular complexity index is 1100.